The minimum atomic E-state index is -0.345. The van der Waals surface area contributed by atoms with Gasteiger partial charge in [0.15, 0.2) is 16.6 Å². The van der Waals surface area contributed by atoms with Crippen LogP contribution in [0.2, 0.25) is 5.02 Å². The molecule has 0 radical (unpaired) electrons. The van der Waals surface area contributed by atoms with Crippen LogP contribution in [-0.2, 0) is 6.61 Å². The van der Waals surface area contributed by atoms with E-state index in [2.05, 4.69) is 0 Å². The van der Waals surface area contributed by atoms with Gasteiger partial charge in [-0.3, -0.25) is 4.79 Å². The fourth-order valence-corrected chi connectivity index (χ4v) is 2.99. The Morgan fingerprint density at radius 1 is 1.20 bits per heavy atom. The van der Waals surface area contributed by atoms with Crippen LogP contribution in [0.5, 0.6) is 11.5 Å². The lowest BCUT2D eigenvalue weighted by atomic mass is 10.1. The van der Waals surface area contributed by atoms with Crippen molar-refractivity contribution < 1.29 is 18.7 Å². The van der Waals surface area contributed by atoms with E-state index in [1.54, 1.807) is 19.1 Å². The van der Waals surface area contributed by atoms with Gasteiger partial charge in [-0.15, -0.1) is 0 Å². The highest BCUT2D eigenvalue weighted by molar-refractivity contribution is 6.31. The summed E-state index contributed by atoms with van der Waals surface area (Å²) in [7, 11) is 0. The van der Waals surface area contributed by atoms with Gasteiger partial charge in [0.25, 0.3) is 0 Å². The molecule has 5 nitrogen and oxygen atoms in total. The number of hydrogen-bond acceptors (Lipinski definition) is 5. The van der Waals surface area contributed by atoms with Crippen molar-refractivity contribution in [1.82, 2.24) is 0 Å². The van der Waals surface area contributed by atoms with Crippen LogP contribution in [0.3, 0.4) is 0 Å². The van der Waals surface area contributed by atoms with Gasteiger partial charge in [-0.1, -0.05) is 29.8 Å². The Morgan fingerprint density at radius 3 is 2.80 bits per heavy atom. The molecule has 1 N–H and O–H groups in total. The quantitative estimate of drug-likeness (QED) is 0.571. The number of phenolic OH excluding ortho intramolecular Hbond substituents is 1. The summed E-state index contributed by atoms with van der Waals surface area (Å²) in [5, 5.41) is 11.4. The van der Waals surface area contributed by atoms with Gasteiger partial charge in [-0.2, -0.15) is 0 Å². The average molecular weight is 357 g/mol. The van der Waals surface area contributed by atoms with Crippen molar-refractivity contribution in [2.24, 2.45) is 0 Å². The lowest BCUT2D eigenvalue weighted by molar-refractivity contribution is 0.303. The Bertz CT molecular complexity index is 1160. The third kappa shape index (κ3) is 2.53. The molecule has 2 aromatic carbocycles. The van der Waals surface area contributed by atoms with Crippen LogP contribution in [0.1, 0.15) is 11.3 Å². The number of fused-ring (bicyclic) bond motifs is 2. The number of furan rings is 1. The minimum Gasteiger partial charge on any atom is -0.506 e. The Balaban J connectivity index is 1.94. The minimum absolute atomic E-state index is 0.0636. The van der Waals surface area contributed by atoms with E-state index in [1.165, 1.54) is 12.3 Å². The van der Waals surface area contributed by atoms with Gasteiger partial charge in [0.1, 0.15) is 23.5 Å². The lowest BCUT2D eigenvalue weighted by Gasteiger charge is -2.11. The summed E-state index contributed by atoms with van der Waals surface area (Å²) in [5.41, 5.74) is 0.893. The molecule has 0 atom stereocenters. The van der Waals surface area contributed by atoms with E-state index in [0.29, 0.717) is 21.8 Å². The Morgan fingerprint density at radius 2 is 2.00 bits per heavy atom. The number of halogens is 1. The standard InChI is InChI=1S/C19H13ClO5/c1-10-8-14(21)15-16(22)12-6-7-23-17(12)19(18(15)25-10)24-9-11-4-2-3-5-13(11)20/h2-8,22H,9H2,1H3. The number of aromatic hydroxyl groups is 1. The molecule has 4 rings (SSSR count). The highest BCUT2D eigenvalue weighted by Gasteiger charge is 2.22. The molecule has 2 heterocycles. The maximum atomic E-state index is 12.3. The molecular weight excluding hydrogens is 344 g/mol. The maximum Gasteiger partial charge on any atom is 0.206 e. The fraction of sp³-hybridized carbons (Fsp3) is 0.105. The molecular formula is C19H13ClO5. The first kappa shape index (κ1) is 15.6. The molecule has 0 bridgehead atoms. The molecule has 0 spiro atoms. The zero-order valence-electron chi connectivity index (χ0n) is 13.2. The zero-order valence-corrected chi connectivity index (χ0v) is 14.0. The van der Waals surface area contributed by atoms with Crippen LogP contribution >= 0.6 is 11.6 Å². The molecule has 0 fully saturated rings. The van der Waals surface area contributed by atoms with E-state index in [1.807, 2.05) is 18.2 Å². The van der Waals surface area contributed by atoms with Crippen molar-refractivity contribution in [1.29, 1.82) is 0 Å². The van der Waals surface area contributed by atoms with Crippen LogP contribution in [0, 0.1) is 6.92 Å². The first-order valence-electron chi connectivity index (χ1n) is 7.59. The number of aryl methyl sites for hydroxylation is 1. The summed E-state index contributed by atoms with van der Waals surface area (Å²) in [6.07, 6.45) is 1.42. The molecule has 6 heteroatoms. The normalized spacial score (nSPS) is 11.3. The van der Waals surface area contributed by atoms with Gasteiger partial charge in [0.05, 0.1) is 11.6 Å². The van der Waals surface area contributed by atoms with Crippen molar-refractivity contribution in [3.8, 4) is 11.5 Å². The van der Waals surface area contributed by atoms with Crippen molar-refractivity contribution in [3.63, 3.8) is 0 Å². The molecule has 0 saturated heterocycles. The highest BCUT2D eigenvalue weighted by Crippen LogP contribution is 2.42. The Hall–Kier alpha value is -2.92. The van der Waals surface area contributed by atoms with Crippen molar-refractivity contribution >= 4 is 33.5 Å². The molecule has 25 heavy (non-hydrogen) atoms. The Kier molecular flexibility index (Phi) is 3.66. The maximum absolute atomic E-state index is 12.3. The second-order valence-electron chi connectivity index (χ2n) is 5.65. The van der Waals surface area contributed by atoms with E-state index in [-0.39, 0.29) is 34.5 Å². The number of phenols is 1. The van der Waals surface area contributed by atoms with Gasteiger partial charge in [-0.05, 0) is 19.1 Å². The van der Waals surface area contributed by atoms with Crippen molar-refractivity contribution in [2.45, 2.75) is 13.5 Å². The van der Waals surface area contributed by atoms with Crippen molar-refractivity contribution in [3.05, 3.63) is 69.2 Å². The smallest absolute Gasteiger partial charge is 0.206 e. The number of rotatable bonds is 3. The largest absolute Gasteiger partial charge is 0.506 e. The highest BCUT2D eigenvalue weighted by atomic mass is 35.5. The van der Waals surface area contributed by atoms with E-state index in [9.17, 15) is 9.90 Å². The molecule has 4 aromatic rings. The van der Waals surface area contributed by atoms with E-state index >= 15 is 0 Å². The van der Waals surface area contributed by atoms with Crippen LogP contribution in [-0.4, -0.2) is 5.11 Å². The van der Waals surface area contributed by atoms with E-state index in [4.69, 9.17) is 25.2 Å². The van der Waals surface area contributed by atoms with Gasteiger partial charge >= 0.3 is 0 Å². The molecule has 0 unspecified atom stereocenters. The van der Waals surface area contributed by atoms with Gasteiger partial charge in [0.2, 0.25) is 5.75 Å². The fourth-order valence-electron chi connectivity index (χ4n) is 2.80. The molecule has 126 valence electrons. The average Bonchev–Trinajstić information content (AvgIpc) is 3.05. The van der Waals surface area contributed by atoms with Gasteiger partial charge in [-0.25, -0.2) is 0 Å². The van der Waals surface area contributed by atoms with Gasteiger partial charge < -0.3 is 18.7 Å². The second kappa shape index (κ2) is 5.86. The molecule has 0 aliphatic heterocycles. The van der Waals surface area contributed by atoms with Crippen LogP contribution < -0.4 is 10.2 Å². The summed E-state index contributed by atoms with van der Waals surface area (Å²) >= 11 is 6.16. The second-order valence-corrected chi connectivity index (χ2v) is 6.05. The molecule has 2 aromatic heterocycles. The van der Waals surface area contributed by atoms with Crippen LogP contribution in [0.15, 0.2) is 56.3 Å². The number of benzene rings is 2. The third-order valence-electron chi connectivity index (χ3n) is 3.97. The monoisotopic (exact) mass is 356 g/mol. The van der Waals surface area contributed by atoms with Crippen LogP contribution in [0.25, 0.3) is 21.9 Å². The molecule has 0 aliphatic carbocycles. The SMILES string of the molecule is Cc1cc(=O)c2c(O)c3ccoc3c(OCc3ccccc3Cl)c2o1. The summed E-state index contributed by atoms with van der Waals surface area (Å²) in [4.78, 5) is 12.3. The number of hydrogen-bond donors (Lipinski definition) is 1. The predicted octanol–water partition coefficient (Wildman–Crippen LogP) is 4.79. The third-order valence-corrected chi connectivity index (χ3v) is 4.34. The topological polar surface area (TPSA) is 72.8 Å². The molecule has 0 amide bonds. The van der Waals surface area contributed by atoms with Crippen LogP contribution in [0.4, 0.5) is 0 Å². The van der Waals surface area contributed by atoms with E-state index in [0.717, 1.165) is 5.56 Å². The summed E-state index contributed by atoms with van der Waals surface area (Å²) < 4.78 is 17.0. The van der Waals surface area contributed by atoms with Gasteiger partial charge in [0, 0.05) is 16.7 Å². The van der Waals surface area contributed by atoms with Crippen molar-refractivity contribution in [2.75, 3.05) is 0 Å². The number of ether oxygens (including phenoxy) is 1. The molecule has 0 saturated carbocycles. The summed E-state index contributed by atoms with van der Waals surface area (Å²) in [5.74, 6) is 0.483. The van der Waals surface area contributed by atoms with E-state index < -0.39 is 0 Å². The summed E-state index contributed by atoms with van der Waals surface area (Å²) in [6.45, 7) is 1.81. The summed E-state index contributed by atoms with van der Waals surface area (Å²) in [6, 6.07) is 10.2. The predicted molar refractivity (Wildman–Crippen MR) is 94.4 cm³/mol. The first-order chi connectivity index (χ1) is 12.1. The zero-order chi connectivity index (χ0) is 17.6. The lowest BCUT2D eigenvalue weighted by Crippen LogP contribution is -2.04. The first-order valence-corrected chi connectivity index (χ1v) is 7.97. The Labute approximate surface area is 147 Å². The molecule has 0 aliphatic rings.